The maximum atomic E-state index is 13.5. The molecule has 270 valence electrons. The molecular weight excluding hydrogens is 650 g/mol. The molecule has 1 saturated carbocycles. The molecule has 14 nitrogen and oxygen atoms in total. The van der Waals surface area contributed by atoms with Crippen LogP contribution in [-0.4, -0.2) is 78.9 Å². The van der Waals surface area contributed by atoms with E-state index in [1.807, 2.05) is 0 Å². The molecule has 3 rings (SSSR count). The van der Waals surface area contributed by atoms with Gasteiger partial charge in [0, 0.05) is 29.7 Å². The minimum absolute atomic E-state index is 0.0792. The average molecular weight is 696 g/mol. The molecule has 1 aromatic heterocycles. The molecule has 2 N–H and O–H groups in total. The molecule has 0 spiro atoms. The third-order valence-electron chi connectivity index (χ3n) is 7.03. The third-order valence-corrected chi connectivity index (χ3v) is 7.03. The molecule has 0 bridgehead atoms. The number of nitrogens with one attached hydrogen (secondary N) is 2. The van der Waals surface area contributed by atoms with E-state index in [4.69, 9.17) is 23.7 Å². The minimum atomic E-state index is -1.37. The van der Waals surface area contributed by atoms with Gasteiger partial charge in [-0.1, -0.05) is 12.7 Å². The van der Waals surface area contributed by atoms with Crippen molar-refractivity contribution < 1.29 is 52.5 Å². The van der Waals surface area contributed by atoms with Crippen molar-refractivity contribution in [1.29, 1.82) is 0 Å². The smallest absolute Gasteiger partial charge is 0.408 e. The number of aldehydes is 1. The van der Waals surface area contributed by atoms with Crippen molar-refractivity contribution >= 4 is 42.3 Å². The molecule has 50 heavy (non-hydrogen) atoms. The summed E-state index contributed by atoms with van der Waals surface area (Å²) in [5.41, 5.74) is -0.977. The first-order chi connectivity index (χ1) is 23.4. The van der Waals surface area contributed by atoms with Crippen LogP contribution in [0.2, 0.25) is 0 Å². The highest BCUT2D eigenvalue weighted by molar-refractivity contribution is 6.01. The van der Waals surface area contributed by atoms with Crippen LogP contribution < -0.4 is 15.4 Å². The number of alkyl carbamates (subject to hydrolysis) is 1. The van der Waals surface area contributed by atoms with Gasteiger partial charge in [0.25, 0.3) is 5.91 Å². The average Bonchev–Trinajstić information content (AvgIpc) is 3.87. The van der Waals surface area contributed by atoms with E-state index in [1.165, 1.54) is 37.5 Å². The summed E-state index contributed by atoms with van der Waals surface area (Å²) in [4.78, 5) is 80.6. The Kier molecular flexibility index (Phi) is 13.2. The molecule has 1 fully saturated rings. The zero-order chi connectivity index (χ0) is 37.2. The lowest BCUT2D eigenvalue weighted by Gasteiger charge is -2.23. The summed E-state index contributed by atoms with van der Waals surface area (Å²) in [7, 11) is 1.43. The highest BCUT2D eigenvalue weighted by atomic mass is 16.7. The van der Waals surface area contributed by atoms with E-state index in [2.05, 4.69) is 22.2 Å². The number of hydrogen-bond donors (Lipinski definition) is 2. The van der Waals surface area contributed by atoms with Crippen LogP contribution in [0.15, 0.2) is 30.8 Å². The predicted octanol–water partition coefficient (Wildman–Crippen LogP) is 5.03. The van der Waals surface area contributed by atoms with Gasteiger partial charge in [-0.05, 0) is 96.6 Å². The molecule has 1 aliphatic rings. The predicted molar refractivity (Wildman–Crippen MR) is 181 cm³/mol. The van der Waals surface area contributed by atoms with Crippen LogP contribution in [0.3, 0.4) is 0 Å². The largest absolute Gasteiger partial charge is 0.496 e. The van der Waals surface area contributed by atoms with Crippen LogP contribution in [0, 0.1) is 5.92 Å². The van der Waals surface area contributed by atoms with Crippen LogP contribution in [0.1, 0.15) is 104 Å². The Balaban J connectivity index is 1.85. The molecule has 2 aromatic rings. The fourth-order valence-corrected chi connectivity index (χ4v) is 4.55. The van der Waals surface area contributed by atoms with Gasteiger partial charge in [-0.15, -0.1) is 0 Å². The number of carbonyl (C=O) groups excluding carboxylic acids is 6. The van der Waals surface area contributed by atoms with E-state index < -0.39 is 53.9 Å². The summed E-state index contributed by atoms with van der Waals surface area (Å²) < 4.78 is 26.4. The Morgan fingerprint density at radius 1 is 0.960 bits per heavy atom. The Hall–Kier alpha value is -5.27. The zero-order valence-electron chi connectivity index (χ0n) is 29.5. The zero-order valence-corrected chi connectivity index (χ0v) is 29.5. The fourth-order valence-electron chi connectivity index (χ4n) is 4.55. The van der Waals surface area contributed by atoms with Gasteiger partial charge in [0.15, 0.2) is 12.0 Å². The molecular formula is C36H45N3O11. The van der Waals surface area contributed by atoms with Crippen molar-refractivity contribution in [2.75, 3.05) is 20.4 Å². The van der Waals surface area contributed by atoms with E-state index in [0.29, 0.717) is 30.1 Å². The number of nitrogens with zero attached hydrogens (tertiary/aromatic N) is 1. The maximum Gasteiger partial charge on any atom is 0.408 e. The number of carbonyl (C=O) groups is 6. The molecule has 1 unspecified atom stereocenters. The van der Waals surface area contributed by atoms with Crippen LogP contribution in [0.4, 0.5) is 4.79 Å². The molecule has 1 aromatic carbocycles. The van der Waals surface area contributed by atoms with Gasteiger partial charge >= 0.3 is 24.0 Å². The minimum Gasteiger partial charge on any atom is -0.496 e. The Labute approximate surface area is 291 Å². The van der Waals surface area contributed by atoms with Crippen molar-refractivity contribution in [3.05, 3.63) is 53.4 Å². The standard InChI is InChI=1S/C36H45N3O11/c1-9-22-16-23(19-40)25(17-28(22)46-8)24-12-13-26(31(42)37-18-21-10-11-21)38-30(24)33(44)48-20-47-32(43)27(39-34(45)50-36(5,6)7)14-15-29(41)49-35(2,3)4/h9,12-13,16-17,19,21,27H,1,10-11,14-15,18,20H2,2-8H3,(H,37,42)(H,39,45). The molecule has 2 amide bonds. The summed E-state index contributed by atoms with van der Waals surface area (Å²) in [5.74, 6) is -2.49. The van der Waals surface area contributed by atoms with Gasteiger partial charge in [0.05, 0.1) is 7.11 Å². The first-order valence-corrected chi connectivity index (χ1v) is 16.1. The van der Waals surface area contributed by atoms with Gasteiger partial charge in [0.2, 0.25) is 6.79 Å². The molecule has 14 heteroatoms. The normalized spacial score (nSPS) is 13.3. The number of esters is 3. The van der Waals surface area contributed by atoms with Crippen molar-refractivity contribution in [2.24, 2.45) is 5.92 Å². The Morgan fingerprint density at radius 3 is 2.22 bits per heavy atom. The van der Waals surface area contributed by atoms with E-state index >= 15 is 0 Å². The SMILES string of the molecule is C=Cc1cc(C=O)c(-c2ccc(C(=O)NCC3CC3)nc2C(=O)OCOC(=O)C(CCC(=O)OC(C)(C)C)NC(=O)OC(C)(C)C)cc1OC. The number of hydrogen-bond acceptors (Lipinski definition) is 12. The summed E-state index contributed by atoms with van der Waals surface area (Å²) in [5, 5.41) is 5.16. The van der Waals surface area contributed by atoms with Crippen LogP contribution in [0.25, 0.3) is 17.2 Å². The van der Waals surface area contributed by atoms with Crippen LogP contribution >= 0.6 is 0 Å². The molecule has 0 saturated heterocycles. The van der Waals surface area contributed by atoms with Gasteiger partial charge in [-0.3, -0.25) is 14.4 Å². The number of aromatic nitrogens is 1. The van der Waals surface area contributed by atoms with Crippen LogP contribution in [-0.2, 0) is 28.5 Å². The number of pyridine rings is 1. The fraction of sp³-hybridized carbons (Fsp3) is 0.472. The number of amides is 2. The quantitative estimate of drug-likeness (QED) is 0.110. The number of rotatable bonds is 15. The second-order valence-corrected chi connectivity index (χ2v) is 13.6. The van der Waals surface area contributed by atoms with E-state index in [-0.39, 0.29) is 40.9 Å². The van der Waals surface area contributed by atoms with E-state index in [0.717, 1.165) is 12.8 Å². The second kappa shape index (κ2) is 16.9. The number of methoxy groups -OCH3 is 1. The Morgan fingerprint density at radius 2 is 1.64 bits per heavy atom. The summed E-state index contributed by atoms with van der Waals surface area (Å²) in [6.45, 7) is 13.2. The van der Waals surface area contributed by atoms with E-state index in [9.17, 15) is 28.8 Å². The van der Waals surface area contributed by atoms with Crippen molar-refractivity contribution in [3.8, 4) is 16.9 Å². The summed E-state index contributed by atoms with van der Waals surface area (Å²) in [6, 6.07) is 4.55. The first kappa shape index (κ1) is 39.2. The molecule has 0 aliphatic heterocycles. The van der Waals surface area contributed by atoms with Gasteiger partial charge in [0.1, 0.15) is 28.7 Å². The van der Waals surface area contributed by atoms with Gasteiger partial charge in [-0.2, -0.15) is 0 Å². The molecule has 1 aliphatic carbocycles. The number of ether oxygens (including phenoxy) is 5. The monoisotopic (exact) mass is 695 g/mol. The van der Waals surface area contributed by atoms with Crippen molar-refractivity contribution in [2.45, 2.75) is 84.5 Å². The lowest BCUT2D eigenvalue weighted by Crippen LogP contribution is -2.45. The molecule has 1 atom stereocenters. The maximum absolute atomic E-state index is 13.5. The third kappa shape index (κ3) is 12.0. The van der Waals surface area contributed by atoms with Crippen LogP contribution in [0.5, 0.6) is 5.75 Å². The molecule has 1 heterocycles. The number of benzene rings is 1. The van der Waals surface area contributed by atoms with E-state index in [1.54, 1.807) is 41.5 Å². The lowest BCUT2D eigenvalue weighted by atomic mass is 9.95. The van der Waals surface area contributed by atoms with Gasteiger partial charge < -0.3 is 34.3 Å². The first-order valence-electron chi connectivity index (χ1n) is 16.1. The Bertz CT molecular complexity index is 1620. The highest BCUT2D eigenvalue weighted by Crippen LogP contribution is 2.33. The topological polar surface area (TPSA) is 186 Å². The summed E-state index contributed by atoms with van der Waals surface area (Å²) >= 11 is 0. The lowest BCUT2D eigenvalue weighted by molar-refractivity contribution is -0.157. The van der Waals surface area contributed by atoms with Crippen molar-refractivity contribution in [3.63, 3.8) is 0 Å². The highest BCUT2D eigenvalue weighted by Gasteiger charge is 2.29. The summed E-state index contributed by atoms with van der Waals surface area (Å²) in [6.07, 6.45) is 2.72. The van der Waals surface area contributed by atoms with Gasteiger partial charge in [-0.25, -0.2) is 19.4 Å². The second-order valence-electron chi connectivity index (χ2n) is 13.6. The van der Waals surface area contributed by atoms with Crippen molar-refractivity contribution in [1.82, 2.24) is 15.6 Å². The molecule has 0 radical (unpaired) electrons.